The number of ether oxygens (including phenoxy) is 1. The van der Waals surface area contributed by atoms with E-state index < -0.39 is 12.0 Å². The molecule has 0 bridgehead atoms. The first-order valence-electron chi connectivity index (χ1n) is 7.97. The number of carbonyl (C=O) groups is 2. The number of nitrogens with one attached hydrogen (secondary N) is 1. The summed E-state index contributed by atoms with van der Waals surface area (Å²) in [7, 11) is 0. The third kappa shape index (κ3) is 4.59. The molecule has 0 aromatic carbocycles. The number of piperidine rings is 1. The first kappa shape index (κ1) is 16.1. The lowest BCUT2D eigenvalue weighted by Gasteiger charge is -2.36. The number of nitrogens with zero attached hydrogens (tertiary/aromatic N) is 1. The van der Waals surface area contributed by atoms with Crippen LogP contribution in [0, 0.1) is 5.92 Å². The maximum absolute atomic E-state index is 12.2. The smallest absolute Gasteiger partial charge is 0.326 e. The van der Waals surface area contributed by atoms with Crippen LogP contribution in [0.15, 0.2) is 0 Å². The lowest BCUT2D eigenvalue weighted by Crippen LogP contribution is -2.53. The highest BCUT2D eigenvalue weighted by Gasteiger charge is 2.34. The number of urea groups is 1. The van der Waals surface area contributed by atoms with Crippen LogP contribution in [0.3, 0.4) is 0 Å². The van der Waals surface area contributed by atoms with Gasteiger partial charge in [-0.1, -0.05) is 6.92 Å². The number of aliphatic carboxylic acids is 1. The highest BCUT2D eigenvalue weighted by Crippen LogP contribution is 2.22. The van der Waals surface area contributed by atoms with Gasteiger partial charge in [0, 0.05) is 19.7 Å². The van der Waals surface area contributed by atoms with Crippen LogP contribution in [-0.4, -0.2) is 53.8 Å². The lowest BCUT2D eigenvalue weighted by atomic mass is 9.93. The molecule has 3 unspecified atom stereocenters. The minimum Gasteiger partial charge on any atom is -0.480 e. The van der Waals surface area contributed by atoms with E-state index in [1.807, 2.05) is 6.92 Å². The number of amides is 2. The Morgan fingerprint density at radius 2 is 2.14 bits per heavy atom. The first-order chi connectivity index (χ1) is 10.1. The van der Waals surface area contributed by atoms with Gasteiger partial charge in [0.15, 0.2) is 0 Å². The minimum absolute atomic E-state index is 0.232. The number of hydrogen-bond donors (Lipinski definition) is 2. The average Bonchev–Trinajstić information content (AvgIpc) is 2.48. The predicted molar refractivity (Wildman–Crippen MR) is 78.1 cm³/mol. The van der Waals surface area contributed by atoms with Crippen molar-refractivity contribution >= 4 is 12.0 Å². The highest BCUT2D eigenvalue weighted by molar-refractivity contribution is 5.82. The number of hydrogen-bond acceptors (Lipinski definition) is 3. The Labute approximate surface area is 125 Å². The van der Waals surface area contributed by atoms with E-state index in [1.54, 1.807) is 0 Å². The normalized spacial score (nSPS) is 30.0. The van der Waals surface area contributed by atoms with Gasteiger partial charge in [-0.3, -0.25) is 0 Å². The van der Waals surface area contributed by atoms with E-state index in [9.17, 15) is 14.7 Å². The quantitative estimate of drug-likeness (QED) is 0.830. The van der Waals surface area contributed by atoms with Crippen molar-refractivity contribution in [3.63, 3.8) is 0 Å². The Kier molecular flexibility index (Phi) is 5.85. The molecule has 120 valence electrons. The summed E-state index contributed by atoms with van der Waals surface area (Å²) >= 11 is 0. The van der Waals surface area contributed by atoms with Gasteiger partial charge in [-0.05, 0) is 44.4 Å². The number of carbonyl (C=O) groups excluding carboxylic acids is 1. The second kappa shape index (κ2) is 7.64. The van der Waals surface area contributed by atoms with Crippen molar-refractivity contribution in [2.45, 2.75) is 57.6 Å². The van der Waals surface area contributed by atoms with E-state index in [2.05, 4.69) is 5.32 Å². The summed E-state index contributed by atoms with van der Waals surface area (Å²) in [6.07, 6.45) is 5.79. The van der Waals surface area contributed by atoms with Crippen molar-refractivity contribution in [1.82, 2.24) is 10.2 Å². The van der Waals surface area contributed by atoms with Gasteiger partial charge >= 0.3 is 12.0 Å². The van der Waals surface area contributed by atoms with Gasteiger partial charge in [0.2, 0.25) is 0 Å². The molecular formula is C15H26N2O4. The molecule has 6 nitrogen and oxygen atoms in total. The fourth-order valence-electron chi connectivity index (χ4n) is 3.10. The largest absolute Gasteiger partial charge is 0.480 e. The Balaban J connectivity index is 1.77. The van der Waals surface area contributed by atoms with Gasteiger partial charge in [-0.25, -0.2) is 9.59 Å². The monoisotopic (exact) mass is 298 g/mol. The molecule has 0 aliphatic carbocycles. The van der Waals surface area contributed by atoms with Crippen molar-refractivity contribution in [2.24, 2.45) is 5.92 Å². The molecule has 0 aromatic heterocycles. The van der Waals surface area contributed by atoms with Crippen LogP contribution >= 0.6 is 0 Å². The fraction of sp³-hybridized carbons (Fsp3) is 0.867. The van der Waals surface area contributed by atoms with Gasteiger partial charge in [0.1, 0.15) is 6.04 Å². The van der Waals surface area contributed by atoms with Crippen LogP contribution in [0.25, 0.3) is 0 Å². The topological polar surface area (TPSA) is 78.9 Å². The molecule has 0 spiro atoms. The number of likely N-dealkylation sites (tertiary alicyclic amines) is 1. The number of carboxylic acid groups (broad SMARTS) is 1. The van der Waals surface area contributed by atoms with Crippen LogP contribution in [0.1, 0.15) is 45.4 Å². The molecule has 0 saturated carbocycles. The Morgan fingerprint density at radius 3 is 2.81 bits per heavy atom. The van der Waals surface area contributed by atoms with Crippen LogP contribution in [0.4, 0.5) is 4.79 Å². The second-order valence-corrected chi connectivity index (χ2v) is 6.19. The summed E-state index contributed by atoms with van der Waals surface area (Å²) in [5.74, 6) is -0.557. The molecule has 2 fully saturated rings. The van der Waals surface area contributed by atoms with E-state index in [0.717, 1.165) is 32.3 Å². The van der Waals surface area contributed by atoms with Crippen molar-refractivity contribution in [1.29, 1.82) is 0 Å². The first-order valence-corrected chi connectivity index (χ1v) is 7.97. The van der Waals surface area contributed by atoms with Crippen molar-refractivity contribution in [2.75, 3.05) is 19.7 Å². The van der Waals surface area contributed by atoms with E-state index >= 15 is 0 Å². The molecule has 2 aliphatic heterocycles. The Hall–Kier alpha value is -1.30. The Bertz CT molecular complexity index is 369. The summed E-state index contributed by atoms with van der Waals surface area (Å²) in [5.41, 5.74) is 0. The van der Waals surface area contributed by atoms with Gasteiger partial charge in [0.25, 0.3) is 0 Å². The fourth-order valence-corrected chi connectivity index (χ4v) is 3.10. The maximum Gasteiger partial charge on any atom is 0.326 e. The van der Waals surface area contributed by atoms with Crippen LogP contribution < -0.4 is 5.32 Å². The van der Waals surface area contributed by atoms with Crippen molar-refractivity contribution in [3.05, 3.63) is 0 Å². The van der Waals surface area contributed by atoms with E-state index in [-0.39, 0.29) is 12.1 Å². The lowest BCUT2D eigenvalue weighted by molar-refractivity contribution is -0.143. The number of rotatable bonds is 4. The van der Waals surface area contributed by atoms with Crippen molar-refractivity contribution in [3.8, 4) is 0 Å². The van der Waals surface area contributed by atoms with Gasteiger partial charge in [-0.15, -0.1) is 0 Å². The molecule has 2 saturated heterocycles. The summed E-state index contributed by atoms with van der Waals surface area (Å²) in [5, 5.41) is 12.1. The van der Waals surface area contributed by atoms with Gasteiger partial charge < -0.3 is 20.1 Å². The molecular weight excluding hydrogens is 272 g/mol. The highest BCUT2D eigenvalue weighted by atomic mass is 16.5. The summed E-state index contributed by atoms with van der Waals surface area (Å²) in [6, 6.07) is -0.954. The van der Waals surface area contributed by atoms with E-state index in [0.29, 0.717) is 25.4 Å². The molecule has 0 aromatic rings. The molecule has 3 atom stereocenters. The summed E-state index contributed by atoms with van der Waals surface area (Å²) < 4.78 is 5.62. The summed E-state index contributed by atoms with van der Waals surface area (Å²) in [6.45, 7) is 3.90. The minimum atomic E-state index is -0.910. The van der Waals surface area contributed by atoms with Gasteiger partial charge in [0.05, 0.1) is 6.10 Å². The zero-order chi connectivity index (χ0) is 15.2. The van der Waals surface area contributed by atoms with Crippen LogP contribution in [0.2, 0.25) is 0 Å². The molecule has 2 aliphatic rings. The SMILES string of the molecule is CC1CCN(C(=O)NCCC2CCCCO2)C(C(=O)O)C1. The van der Waals surface area contributed by atoms with Gasteiger partial charge in [-0.2, -0.15) is 0 Å². The zero-order valence-electron chi connectivity index (χ0n) is 12.7. The van der Waals surface area contributed by atoms with Crippen molar-refractivity contribution < 1.29 is 19.4 Å². The Morgan fingerprint density at radius 1 is 1.33 bits per heavy atom. The standard InChI is InChI=1S/C15H26N2O4/c1-11-6-8-17(13(10-11)14(18)19)15(20)16-7-5-12-4-2-3-9-21-12/h11-13H,2-10H2,1H3,(H,16,20)(H,18,19). The van der Waals surface area contributed by atoms with Crippen LogP contribution in [-0.2, 0) is 9.53 Å². The average molecular weight is 298 g/mol. The number of carboxylic acids is 1. The molecule has 21 heavy (non-hydrogen) atoms. The third-order valence-electron chi connectivity index (χ3n) is 4.43. The molecule has 2 heterocycles. The van der Waals surface area contributed by atoms with Crippen LogP contribution in [0.5, 0.6) is 0 Å². The molecule has 0 radical (unpaired) electrons. The summed E-state index contributed by atoms with van der Waals surface area (Å²) in [4.78, 5) is 24.9. The molecule has 2 N–H and O–H groups in total. The van der Waals surface area contributed by atoms with E-state index in [4.69, 9.17) is 4.74 Å². The molecule has 2 amide bonds. The second-order valence-electron chi connectivity index (χ2n) is 6.19. The maximum atomic E-state index is 12.2. The molecule has 6 heteroatoms. The predicted octanol–water partition coefficient (Wildman–Crippen LogP) is 1.84. The van der Waals surface area contributed by atoms with E-state index in [1.165, 1.54) is 11.3 Å². The zero-order valence-corrected chi connectivity index (χ0v) is 12.7. The third-order valence-corrected chi connectivity index (χ3v) is 4.43. The molecule has 2 rings (SSSR count).